The summed E-state index contributed by atoms with van der Waals surface area (Å²) in [5, 5.41) is 7.66. The molecule has 0 radical (unpaired) electrons. The first-order chi connectivity index (χ1) is 18.5. The van der Waals surface area contributed by atoms with Crippen molar-refractivity contribution in [2.45, 2.75) is 24.1 Å². The summed E-state index contributed by atoms with van der Waals surface area (Å²) in [6, 6.07) is 35.0. The summed E-state index contributed by atoms with van der Waals surface area (Å²) in [5.74, 6) is 2.62. The topological polar surface area (TPSA) is 61.1 Å². The molecule has 190 valence electrons. The lowest BCUT2D eigenvalue weighted by molar-refractivity contribution is -0.116. The first kappa shape index (κ1) is 25.5. The SMILES string of the molecule is Cc1ccc(SCc2nn(CC(=O)Nc3ccc(Oc4ccccc4)cc3)c(=S)n2-c2ccccc2)cc1. The zero-order valence-electron chi connectivity index (χ0n) is 20.8. The Morgan fingerprint density at radius 3 is 2.18 bits per heavy atom. The molecule has 5 rings (SSSR count). The van der Waals surface area contributed by atoms with Gasteiger partial charge < -0.3 is 10.1 Å². The third-order valence-electron chi connectivity index (χ3n) is 5.72. The van der Waals surface area contributed by atoms with Crippen molar-refractivity contribution in [2.24, 2.45) is 0 Å². The van der Waals surface area contributed by atoms with Gasteiger partial charge in [0.15, 0.2) is 0 Å². The van der Waals surface area contributed by atoms with Gasteiger partial charge in [-0.3, -0.25) is 9.36 Å². The summed E-state index contributed by atoms with van der Waals surface area (Å²) in [6.07, 6.45) is 0. The average Bonchev–Trinajstić information content (AvgIpc) is 3.25. The van der Waals surface area contributed by atoms with Gasteiger partial charge in [-0.15, -0.1) is 11.8 Å². The van der Waals surface area contributed by atoms with Gasteiger partial charge in [0.05, 0.1) is 5.75 Å². The largest absolute Gasteiger partial charge is 0.457 e. The zero-order valence-corrected chi connectivity index (χ0v) is 22.4. The highest BCUT2D eigenvalue weighted by Gasteiger charge is 2.15. The molecule has 1 aromatic heterocycles. The molecule has 0 aliphatic heterocycles. The van der Waals surface area contributed by atoms with Crippen LogP contribution in [0.3, 0.4) is 0 Å². The maximum absolute atomic E-state index is 12.9. The van der Waals surface area contributed by atoms with Crippen LogP contribution in [-0.2, 0) is 17.1 Å². The molecule has 0 bridgehead atoms. The van der Waals surface area contributed by atoms with E-state index in [9.17, 15) is 4.79 Å². The number of ether oxygens (including phenoxy) is 1. The second-order valence-electron chi connectivity index (χ2n) is 8.62. The molecule has 1 N–H and O–H groups in total. The van der Waals surface area contributed by atoms with E-state index in [0.29, 0.717) is 22.0 Å². The van der Waals surface area contributed by atoms with Crippen LogP contribution in [0.4, 0.5) is 5.69 Å². The van der Waals surface area contributed by atoms with Crippen molar-refractivity contribution in [1.82, 2.24) is 14.3 Å². The number of anilines is 1. The van der Waals surface area contributed by atoms with Crippen molar-refractivity contribution < 1.29 is 9.53 Å². The molecule has 0 aliphatic carbocycles. The summed E-state index contributed by atoms with van der Waals surface area (Å²) >= 11 is 7.44. The van der Waals surface area contributed by atoms with Crippen LogP contribution in [0.2, 0.25) is 0 Å². The standard InChI is InChI=1S/C30H26N4O2S2/c1-22-12-18-27(19-13-22)38-21-28-32-33(30(37)34(28)24-8-4-2-5-9-24)20-29(35)31-23-14-16-26(17-15-23)36-25-10-6-3-7-11-25/h2-19H,20-21H2,1H3,(H,31,35). The fourth-order valence-corrected chi connectivity index (χ4v) is 4.96. The number of carbonyl (C=O) groups is 1. The van der Waals surface area contributed by atoms with Crippen molar-refractivity contribution in [3.05, 3.63) is 125 Å². The van der Waals surface area contributed by atoms with Gasteiger partial charge in [0.2, 0.25) is 10.7 Å². The van der Waals surface area contributed by atoms with E-state index in [-0.39, 0.29) is 12.5 Å². The lowest BCUT2D eigenvalue weighted by Gasteiger charge is -2.08. The Kier molecular flexibility index (Phi) is 8.01. The smallest absolute Gasteiger partial charge is 0.246 e. The minimum Gasteiger partial charge on any atom is -0.457 e. The number of nitrogens with zero attached hydrogens (tertiary/aromatic N) is 3. The summed E-state index contributed by atoms with van der Waals surface area (Å²) in [4.78, 5) is 14.1. The Balaban J connectivity index is 1.30. The Labute approximate surface area is 230 Å². The normalized spacial score (nSPS) is 10.8. The van der Waals surface area contributed by atoms with E-state index in [2.05, 4.69) is 36.5 Å². The van der Waals surface area contributed by atoms with Crippen LogP contribution in [0, 0.1) is 11.7 Å². The minimum absolute atomic E-state index is 0.00311. The van der Waals surface area contributed by atoms with E-state index in [1.54, 1.807) is 16.4 Å². The molecular weight excluding hydrogens is 512 g/mol. The highest BCUT2D eigenvalue weighted by molar-refractivity contribution is 7.98. The fourth-order valence-electron chi connectivity index (χ4n) is 3.84. The number of benzene rings is 4. The van der Waals surface area contributed by atoms with E-state index < -0.39 is 0 Å². The van der Waals surface area contributed by atoms with E-state index >= 15 is 0 Å². The first-order valence-corrected chi connectivity index (χ1v) is 13.5. The van der Waals surface area contributed by atoms with Crippen LogP contribution in [-0.4, -0.2) is 20.3 Å². The number of hydrogen-bond acceptors (Lipinski definition) is 5. The number of carbonyl (C=O) groups excluding carboxylic acids is 1. The number of rotatable bonds is 9. The van der Waals surface area contributed by atoms with Gasteiger partial charge in [0.1, 0.15) is 23.9 Å². The fraction of sp³-hybridized carbons (Fsp3) is 0.100. The molecule has 0 unspecified atom stereocenters. The van der Waals surface area contributed by atoms with Gasteiger partial charge in [-0.2, -0.15) is 5.10 Å². The van der Waals surface area contributed by atoms with Gasteiger partial charge in [-0.25, -0.2) is 4.68 Å². The summed E-state index contributed by atoms with van der Waals surface area (Å²) in [5.41, 5.74) is 2.80. The minimum atomic E-state index is -0.215. The Morgan fingerprint density at radius 1 is 0.868 bits per heavy atom. The van der Waals surface area contributed by atoms with Crippen LogP contribution in [0.25, 0.3) is 5.69 Å². The molecule has 0 saturated heterocycles. The second-order valence-corrected chi connectivity index (χ2v) is 10.0. The van der Waals surface area contributed by atoms with Crippen LogP contribution in [0.15, 0.2) is 114 Å². The predicted molar refractivity (Wildman–Crippen MR) is 155 cm³/mol. The molecule has 38 heavy (non-hydrogen) atoms. The molecule has 1 heterocycles. The van der Waals surface area contributed by atoms with Crippen LogP contribution in [0.5, 0.6) is 11.5 Å². The predicted octanol–water partition coefficient (Wildman–Crippen LogP) is 7.44. The van der Waals surface area contributed by atoms with Crippen molar-refractivity contribution >= 4 is 35.6 Å². The molecule has 6 nitrogen and oxygen atoms in total. The van der Waals surface area contributed by atoms with E-state index in [0.717, 1.165) is 22.2 Å². The van der Waals surface area contributed by atoms with Crippen LogP contribution in [0.1, 0.15) is 11.4 Å². The van der Waals surface area contributed by atoms with Crippen molar-refractivity contribution in [1.29, 1.82) is 0 Å². The van der Waals surface area contributed by atoms with Crippen molar-refractivity contribution in [2.75, 3.05) is 5.32 Å². The third kappa shape index (κ3) is 6.40. The number of nitrogens with one attached hydrogen (secondary N) is 1. The first-order valence-electron chi connectivity index (χ1n) is 12.1. The van der Waals surface area contributed by atoms with Crippen molar-refractivity contribution in [3.8, 4) is 17.2 Å². The molecule has 0 spiro atoms. The summed E-state index contributed by atoms with van der Waals surface area (Å²) in [7, 11) is 0. The van der Waals surface area contributed by atoms with Crippen LogP contribution >= 0.6 is 24.0 Å². The molecule has 0 atom stereocenters. The molecule has 1 amide bonds. The lowest BCUT2D eigenvalue weighted by atomic mass is 10.2. The summed E-state index contributed by atoms with van der Waals surface area (Å²) in [6.45, 7) is 2.07. The number of para-hydroxylation sites is 2. The van der Waals surface area contributed by atoms with E-state index in [1.165, 1.54) is 5.56 Å². The van der Waals surface area contributed by atoms with Gasteiger partial charge >= 0.3 is 0 Å². The lowest BCUT2D eigenvalue weighted by Crippen LogP contribution is -2.19. The van der Waals surface area contributed by atoms with Crippen molar-refractivity contribution in [3.63, 3.8) is 0 Å². The maximum Gasteiger partial charge on any atom is 0.246 e. The van der Waals surface area contributed by atoms with E-state index in [4.69, 9.17) is 22.1 Å². The third-order valence-corrected chi connectivity index (χ3v) is 7.12. The van der Waals surface area contributed by atoms with Gasteiger partial charge in [-0.1, -0.05) is 54.1 Å². The molecule has 0 aliphatic rings. The number of hydrogen-bond donors (Lipinski definition) is 1. The number of aryl methyl sites for hydroxylation is 1. The highest BCUT2D eigenvalue weighted by Crippen LogP contribution is 2.25. The van der Waals surface area contributed by atoms with E-state index in [1.807, 2.05) is 89.5 Å². The quantitative estimate of drug-likeness (QED) is 0.156. The Hall–Kier alpha value is -4.14. The molecular formula is C30H26N4O2S2. The van der Waals surface area contributed by atoms with Gasteiger partial charge in [-0.05, 0) is 79.8 Å². The average molecular weight is 539 g/mol. The summed E-state index contributed by atoms with van der Waals surface area (Å²) < 4.78 is 9.80. The highest BCUT2D eigenvalue weighted by atomic mass is 32.2. The molecule has 0 saturated carbocycles. The Bertz CT molecular complexity index is 1560. The zero-order chi connectivity index (χ0) is 26.3. The molecule has 4 aromatic carbocycles. The number of aromatic nitrogens is 3. The maximum atomic E-state index is 12.9. The van der Waals surface area contributed by atoms with Crippen LogP contribution < -0.4 is 10.1 Å². The second kappa shape index (κ2) is 11.9. The molecule has 5 aromatic rings. The monoisotopic (exact) mass is 538 g/mol. The van der Waals surface area contributed by atoms with Gasteiger partial charge in [0.25, 0.3) is 0 Å². The molecule has 8 heteroatoms. The molecule has 0 fully saturated rings. The Morgan fingerprint density at radius 2 is 1.50 bits per heavy atom. The number of thioether (sulfide) groups is 1. The number of amides is 1. The van der Waals surface area contributed by atoms with Gasteiger partial charge in [0, 0.05) is 16.3 Å².